The van der Waals surface area contributed by atoms with Crippen molar-refractivity contribution in [3.63, 3.8) is 0 Å². The average Bonchev–Trinajstić information content (AvgIpc) is 2.29. The molecule has 1 rings (SSSR count). The third-order valence-electron chi connectivity index (χ3n) is 3.20. The fourth-order valence-corrected chi connectivity index (χ4v) is 2.01. The van der Waals surface area contributed by atoms with Crippen molar-refractivity contribution in [2.24, 2.45) is 0 Å². The van der Waals surface area contributed by atoms with E-state index in [4.69, 9.17) is 0 Å². The van der Waals surface area contributed by atoms with Crippen molar-refractivity contribution in [3.05, 3.63) is 29.8 Å². The molecule has 0 radical (unpaired) electrons. The van der Waals surface area contributed by atoms with Gasteiger partial charge in [-0.15, -0.1) is 0 Å². The second kappa shape index (κ2) is 5.89. The van der Waals surface area contributed by atoms with Crippen LogP contribution in [-0.4, -0.2) is 25.0 Å². The summed E-state index contributed by atoms with van der Waals surface area (Å²) in [7, 11) is 3.46. The van der Waals surface area contributed by atoms with Gasteiger partial charge in [0.1, 0.15) is 0 Å². The largest absolute Gasteiger partial charge is 0.331 e. The van der Waals surface area contributed by atoms with Crippen LogP contribution in [0, 0.1) is 0 Å². The van der Waals surface area contributed by atoms with Gasteiger partial charge >= 0.3 is 6.03 Å². The molecule has 0 heterocycles. The average molecular weight is 248 g/mol. The predicted molar refractivity (Wildman–Crippen MR) is 77.1 cm³/mol. The van der Waals surface area contributed by atoms with E-state index >= 15 is 0 Å². The summed E-state index contributed by atoms with van der Waals surface area (Å²) < 4.78 is 0. The molecule has 0 fully saturated rings. The van der Waals surface area contributed by atoms with Crippen LogP contribution in [0.25, 0.3) is 0 Å². The van der Waals surface area contributed by atoms with Gasteiger partial charge in [0, 0.05) is 19.8 Å². The Kier molecular flexibility index (Phi) is 4.76. The molecule has 0 spiro atoms. The molecule has 0 saturated heterocycles. The van der Waals surface area contributed by atoms with Crippen molar-refractivity contribution < 1.29 is 4.79 Å². The molecule has 3 heteroatoms. The summed E-state index contributed by atoms with van der Waals surface area (Å²) in [5.41, 5.74) is 2.34. The fourth-order valence-electron chi connectivity index (χ4n) is 2.01. The zero-order valence-corrected chi connectivity index (χ0v) is 12.1. The fraction of sp³-hybridized carbons (Fsp3) is 0.533. The Labute approximate surface area is 110 Å². The van der Waals surface area contributed by atoms with E-state index in [9.17, 15) is 4.79 Å². The zero-order valence-electron chi connectivity index (χ0n) is 12.1. The van der Waals surface area contributed by atoms with Gasteiger partial charge in [-0.3, -0.25) is 0 Å². The zero-order chi connectivity index (χ0) is 13.8. The van der Waals surface area contributed by atoms with E-state index < -0.39 is 0 Å². The van der Waals surface area contributed by atoms with Crippen LogP contribution in [0.4, 0.5) is 10.5 Å². The van der Waals surface area contributed by atoms with Crippen molar-refractivity contribution in [2.75, 3.05) is 19.4 Å². The molecule has 3 nitrogen and oxygen atoms in total. The van der Waals surface area contributed by atoms with Crippen LogP contribution < -0.4 is 5.32 Å². The molecule has 1 N–H and O–H groups in total. The quantitative estimate of drug-likeness (QED) is 0.862. The molecule has 0 aliphatic heterocycles. The molecule has 0 unspecified atom stereocenters. The number of anilines is 1. The molecule has 100 valence electrons. The first-order valence-electron chi connectivity index (χ1n) is 6.45. The maximum absolute atomic E-state index is 11.5. The first kappa shape index (κ1) is 14.6. The van der Waals surface area contributed by atoms with E-state index in [-0.39, 0.29) is 11.4 Å². The number of rotatable bonds is 4. The van der Waals surface area contributed by atoms with Gasteiger partial charge in [-0.05, 0) is 29.5 Å². The van der Waals surface area contributed by atoms with E-state index in [1.807, 2.05) is 12.1 Å². The van der Waals surface area contributed by atoms with Crippen molar-refractivity contribution in [1.29, 1.82) is 0 Å². The summed E-state index contributed by atoms with van der Waals surface area (Å²) in [5.74, 6) is 0. The van der Waals surface area contributed by atoms with Crippen LogP contribution in [0.15, 0.2) is 24.3 Å². The van der Waals surface area contributed by atoms with Gasteiger partial charge in [0.25, 0.3) is 0 Å². The van der Waals surface area contributed by atoms with Gasteiger partial charge in [-0.1, -0.05) is 39.3 Å². The maximum Gasteiger partial charge on any atom is 0.321 e. The minimum Gasteiger partial charge on any atom is -0.331 e. The van der Waals surface area contributed by atoms with Crippen LogP contribution in [0.2, 0.25) is 0 Å². The Morgan fingerprint density at radius 1 is 1.22 bits per heavy atom. The van der Waals surface area contributed by atoms with E-state index in [2.05, 4.69) is 38.2 Å². The molecule has 0 aromatic heterocycles. The standard InChI is InChI=1S/C15H24N2O/c1-6-11-15(2,3)12-7-9-13(10-8-12)16-14(18)17(4)5/h7-10H,6,11H2,1-5H3,(H,16,18). The summed E-state index contributed by atoms with van der Waals surface area (Å²) in [5, 5.41) is 2.84. The Balaban J connectivity index is 2.77. The van der Waals surface area contributed by atoms with Gasteiger partial charge in [-0.2, -0.15) is 0 Å². The van der Waals surface area contributed by atoms with Crippen LogP contribution in [0.5, 0.6) is 0 Å². The Morgan fingerprint density at radius 2 is 1.78 bits per heavy atom. The predicted octanol–water partition coefficient (Wildman–Crippen LogP) is 3.86. The highest BCUT2D eigenvalue weighted by Crippen LogP contribution is 2.29. The lowest BCUT2D eigenvalue weighted by molar-refractivity contribution is 0.230. The monoisotopic (exact) mass is 248 g/mol. The van der Waals surface area contributed by atoms with E-state index in [1.165, 1.54) is 16.9 Å². The lowest BCUT2D eigenvalue weighted by atomic mass is 9.81. The van der Waals surface area contributed by atoms with E-state index in [0.29, 0.717) is 0 Å². The highest BCUT2D eigenvalue weighted by Gasteiger charge is 2.19. The van der Waals surface area contributed by atoms with Crippen LogP contribution in [0.1, 0.15) is 39.2 Å². The SMILES string of the molecule is CCCC(C)(C)c1ccc(NC(=O)N(C)C)cc1. The first-order valence-corrected chi connectivity index (χ1v) is 6.45. The molecule has 0 aliphatic carbocycles. The normalized spacial score (nSPS) is 11.2. The molecule has 18 heavy (non-hydrogen) atoms. The van der Waals surface area contributed by atoms with Crippen molar-refractivity contribution in [2.45, 2.75) is 39.0 Å². The van der Waals surface area contributed by atoms with Gasteiger partial charge in [-0.25, -0.2) is 4.79 Å². The second-order valence-corrected chi connectivity index (χ2v) is 5.54. The molecule has 0 saturated carbocycles. The number of amides is 2. The molecule has 1 aromatic carbocycles. The van der Waals surface area contributed by atoms with Gasteiger partial charge in [0.15, 0.2) is 0 Å². The molecule has 2 amide bonds. The van der Waals surface area contributed by atoms with Crippen molar-refractivity contribution in [1.82, 2.24) is 4.90 Å². The summed E-state index contributed by atoms with van der Waals surface area (Å²) in [6.07, 6.45) is 2.34. The van der Waals surface area contributed by atoms with Gasteiger partial charge in [0.2, 0.25) is 0 Å². The Bertz CT molecular complexity index is 393. The number of carbonyl (C=O) groups is 1. The molecule has 1 aromatic rings. The molecule has 0 bridgehead atoms. The number of nitrogens with one attached hydrogen (secondary N) is 1. The maximum atomic E-state index is 11.5. The highest BCUT2D eigenvalue weighted by atomic mass is 16.2. The topological polar surface area (TPSA) is 32.3 Å². The van der Waals surface area contributed by atoms with Crippen LogP contribution in [-0.2, 0) is 5.41 Å². The summed E-state index contributed by atoms with van der Waals surface area (Å²) in [6, 6.07) is 8.03. The summed E-state index contributed by atoms with van der Waals surface area (Å²) in [4.78, 5) is 13.0. The molecule has 0 atom stereocenters. The Morgan fingerprint density at radius 3 is 2.22 bits per heavy atom. The highest BCUT2D eigenvalue weighted by molar-refractivity contribution is 5.88. The van der Waals surface area contributed by atoms with Gasteiger partial charge < -0.3 is 10.2 Å². The van der Waals surface area contributed by atoms with E-state index in [1.54, 1.807) is 14.1 Å². The smallest absolute Gasteiger partial charge is 0.321 e. The minimum absolute atomic E-state index is 0.101. The van der Waals surface area contributed by atoms with Crippen LogP contribution in [0.3, 0.4) is 0 Å². The lowest BCUT2D eigenvalue weighted by Crippen LogP contribution is -2.27. The number of hydrogen-bond acceptors (Lipinski definition) is 1. The lowest BCUT2D eigenvalue weighted by Gasteiger charge is -2.25. The van der Waals surface area contributed by atoms with E-state index in [0.717, 1.165) is 12.1 Å². The Hall–Kier alpha value is -1.51. The third-order valence-corrected chi connectivity index (χ3v) is 3.20. The van der Waals surface area contributed by atoms with Crippen molar-refractivity contribution in [3.8, 4) is 0 Å². The van der Waals surface area contributed by atoms with Gasteiger partial charge in [0.05, 0.1) is 0 Å². The number of carbonyl (C=O) groups excluding carboxylic acids is 1. The second-order valence-electron chi connectivity index (χ2n) is 5.54. The minimum atomic E-state index is -0.101. The molecular formula is C15H24N2O. The number of nitrogens with zero attached hydrogens (tertiary/aromatic N) is 1. The third kappa shape index (κ3) is 3.76. The first-order chi connectivity index (χ1) is 8.36. The summed E-state index contributed by atoms with van der Waals surface area (Å²) >= 11 is 0. The number of urea groups is 1. The molecular weight excluding hydrogens is 224 g/mol. The van der Waals surface area contributed by atoms with Crippen molar-refractivity contribution >= 4 is 11.7 Å². The summed E-state index contributed by atoms with van der Waals surface area (Å²) in [6.45, 7) is 6.71. The molecule has 0 aliphatic rings. The number of benzene rings is 1. The van der Waals surface area contributed by atoms with Crippen LogP contribution >= 0.6 is 0 Å². The number of hydrogen-bond donors (Lipinski definition) is 1.